The number of aryl methyl sites for hydroxylation is 2. The Labute approximate surface area is 110 Å². The Morgan fingerprint density at radius 1 is 1.44 bits per heavy atom. The standard InChI is InChI=1S/C12H17N3O2S/c1-7-8(2)18-12(14-7)10-9(17)6-15(11(10)13)4-3-5-16/h13,16-17H,3-6H2,1-2H3. The molecule has 0 fully saturated rings. The summed E-state index contributed by atoms with van der Waals surface area (Å²) in [5, 5.41) is 27.6. The van der Waals surface area contributed by atoms with Crippen molar-refractivity contribution < 1.29 is 10.2 Å². The Kier molecular flexibility index (Phi) is 3.68. The monoisotopic (exact) mass is 267 g/mol. The minimum atomic E-state index is 0.0926. The van der Waals surface area contributed by atoms with E-state index in [4.69, 9.17) is 10.5 Å². The van der Waals surface area contributed by atoms with Gasteiger partial charge in [0.1, 0.15) is 16.6 Å². The smallest absolute Gasteiger partial charge is 0.135 e. The molecular formula is C12H17N3O2S. The summed E-state index contributed by atoms with van der Waals surface area (Å²) in [7, 11) is 0. The van der Waals surface area contributed by atoms with Gasteiger partial charge < -0.3 is 15.1 Å². The summed E-state index contributed by atoms with van der Waals surface area (Å²) < 4.78 is 0. The summed E-state index contributed by atoms with van der Waals surface area (Å²) in [4.78, 5) is 7.25. The van der Waals surface area contributed by atoms with E-state index in [2.05, 4.69) is 4.98 Å². The molecule has 5 nitrogen and oxygen atoms in total. The van der Waals surface area contributed by atoms with Crippen molar-refractivity contribution in [2.24, 2.45) is 0 Å². The molecule has 0 radical (unpaired) electrons. The third kappa shape index (κ3) is 2.26. The third-order valence-electron chi connectivity index (χ3n) is 3.01. The van der Waals surface area contributed by atoms with Crippen LogP contribution >= 0.6 is 11.3 Å². The number of amidine groups is 1. The molecular weight excluding hydrogens is 250 g/mol. The number of aromatic nitrogens is 1. The summed E-state index contributed by atoms with van der Waals surface area (Å²) in [6.07, 6.45) is 0.596. The van der Waals surface area contributed by atoms with Crippen molar-refractivity contribution in [2.45, 2.75) is 20.3 Å². The summed E-state index contributed by atoms with van der Waals surface area (Å²) >= 11 is 1.50. The van der Waals surface area contributed by atoms with Crippen molar-refractivity contribution in [3.63, 3.8) is 0 Å². The number of rotatable bonds is 4. The second-order valence-electron chi connectivity index (χ2n) is 4.33. The van der Waals surface area contributed by atoms with Crippen LogP contribution in [0.5, 0.6) is 0 Å². The van der Waals surface area contributed by atoms with Gasteiger partial charge in [-0.15, -0.1) is 11.3 Å². The molecule has 0 unspecified atom stereocenters. The molecule has 18 heavy (non-hydrogen) atoms. The molecule has 0 aromatic carbocycles. The average Bonchev–Trinajstić information content (AvgIpc) is 2.78. The molecule has 0 spiro atoms. The maximum atomic E-state index is 9.98. The number of nitrogens with one attached hydrogen (secondary N) is 1. The lowest BCUT2D eigenvalue weighted by Crippen LogP contribution is -2.28. The van der Waals surface area contributed by atoms with Gasteiger partial charge in [-0.25, -0.2) is 4.98 Å². The molecule has 0 bridgehead atoms. The van der Waals surface area contributed by atoms with Gasteiger partial charge >= 0.3 is 0 Å². The van der Waals surface area contributed by atoms with Crippen molar-refractivity contribution in [1.29, 1.82) is 5.41 Å². The molecule has 1 aliphatic heterocycles. The lowest BCUT2D eigenvalue weighted by molar-refractivity contribution is 0.265. The molecule has 0 amide bonds. The van der Waals surface area contributed by atoms with Crippen LogP contribution in [-0.2, 0) is 0 Å². The first-order valence-corrected chi connectivity index (χ1v) is 6.67. The van der Waals surface area contributed by atoms with Crippen LogP contribution in [-0.4, -0.2) is 45.6 Å². The van der Waals surface area contributed by atoms with E-state index >= 15 is 0 Å². The Bertz CT molecular complexity index is 488. The van der Waals surface area contributed by atoms with E-state index in [9.17, 15) is 5.11 Å². The van der Waals surface area contributed by atoms with Crippen LogP contribution in [0.3, 0.4) is 0 Å². The highest BCUT2D eigenvalue weighted by molar-refractivity contribution is 7.13. The first-order valence-electron chi connectivity index (χ1n) is 5.85. The number of thiazole rings is 1. The van der Waals surface area contributed by atoms with Crippen LogP contribution in [0, 0.1) is 19.3 Å². The van der Waals surface area contributed by atoms with Gasteiger partial charge in [-0.1, -0.05) is 0 Å². The van der Waals surface area contributed by atoms with E-state index in [0.29, 0.717) is 35.9 Å². The zero-order valence-electron chi connectivity index (χ0n) is 10.5. The molecule has 2 rings (SSSR count). The van der Waals surface area contributed by atoms with Crippen molar-refractivity contribution >= 4 is 22.7 Å². The van der Waals surface area contributed by atoms with Crippen LogP contribution in [0.1, 0.15) is 22.0 Å². The fraction of sp³-hybridized carbons (Fsp3) is 0.500. The molecule has 2 heterocycles. The van der Waals surface area contributed by atoms with E-state index < -0.39 is 0 Å². The zero-order valence-corrected chi connectivity index (χ0v) is 11.3. The normalized spacial score (nSPS) is 15.9. The SMILES string of the molecule is Cc1nc(C2=C(O)CN(CCCO)C2=N)sc1C. The Morgan fingerprint density at radius 3 is 2.72 bits per heavy atom. The number of aliphatic hydroxyl groups excluding tert-OH is 2. The molecule has 0 atom stereocenters. The van der Waals surface area contributed by atoms with E-state index in [1.54, 1.807) is 4.90 Å². The molecule has 1 aromatic heterocycles. The van der Waals surface area contributed by atoms with E-state index in [0.717, 1.165) is 10.6 Å². The van der Waals surface area contributed by atoms with E-state index in [1.165, 1.54) is 11.3 Å². The molecule has 1 aliphatic rings. The maximum absolute atomic E-state index is 9.98. The number of hydrogen-bond acceptors (Lipinski definition) is 5. The molecule has 0 saturated carbocycles. The molecule has 0 saturated heterocycles. The van der Waals surface area contributed by atoms with Crippen LogP contribution < -0.4 is 0 Å². The Balaban J connectivity index is 2.23. The number of aliphatic hydroxyl groups is 2. The lowest BCUT2D eigenvalue weighted by atomic mass is 10.2. The summed E-state index contributed by atoms with van der Waals surface area (Å²) in [5.41, 5.74) is 1.48. The van der Waals surface area contributed by atoms with Crippen LogP contribution in [0.25, 0.3) is 5.57 Å². The minimum absolute atomic E-state index is 0.0926. The van der Waals surface area contributed by atoms with Gasteiger partial charge in [0.05, 0.1) is 17.8 Å². The lowest BCUT2D eigenvalue weighted by Gasteiger charge is -2.17. The average molecular weight is 267 g/mol. The van der Waals surface area contributed by atoms with Gasteiger partial charge in [-0.2, -0.15) is 0 Å². The third-order valence-corrected chi connectivity index (χ3v) is 4.10. The van der Waals surface area contributed by atoms with Gasteiger partial charge in [0.15, 0.2) is 0 Å². The molecule has 3 N–H and O–H groups in total. The fourth-order valence-electron chi connectivity index (χ4n) is 1.89. The maximum Gasteiger partial charge on any atom is 0.135 e. The van der Waals surface area contributed by atoms with Gasteiger partial charge in [0.25, 0.3) is 0 Å². The highest BCUT2D eigenvalue weighted by Crippen LogP contribution is 2.31. The molecule has 1 aromatic rings. The second kappa shape index (κ2) is 5.07. The van der Waals surface area contributed by atoms with Crippen LogP contribution in [0.15, 0.2) is 5.76 Å². The largest absolute Gasteiger partial charge is 0.510 e. The highest BCUT2D eigenvalue weighted by Gasteiger charge is 2.29. The van der Waals surface area contributed by atoms with Gasteiger partial charge in [0.2, 0.25) is 0 Å². The van der Waals surface area contributed by atoms with Gasteiger partial charge in [0, 0.05) is 18.0 Å². The Hall–Kier alpha value is -1.40. The van der Waals surface area contributed by atoms with E-state index in [-0.39, 0.29) is 12.4 Å². The summed E-state index contributed by atoms with van der Waals surface area (Å²) in [5.74, 6) is 0.501. The molecule has 0 aliphatic carbocycles. The predicted molar refractivity (Wildman–Crippen MR) is 72.1 cm³/mol. The fourth-order valence-corrected chi connectivity index (χ4v) is 2.87. The minimum Gasteiger partial charge on any atom is -0.510 e. The summed E-state index contributed by atoms with van der Waals surface area (Å²) in [6, 6.07) is 0. The quantitative estimate of drug-likeness (QED) is 0.775. The van der Waals surface area contributed by atoms with Gasteiger partial charge in [-0.3, -0.25) is 5.41 Å². The Morgan fingerprint density at radius 2 is 2.17 bits per heavy atom. The van der Waals surface area contributed by atoms with Crippen molar-refractivity contribution in [1.82, 2.24) is 9.88 Å². The van der Waals surface area contributed by atoms with Crippen LogP contribution in [0.4, 0.5) is 0 Å². The molecule has 98 valence electrons. The summed E-state index contributed by atoms with van der Waals surface area (Å²) in [6.45, 7) is 4.92. The molecule has 6 heteroatoms. The van der Waals surface area contributed by atoms with Gasteiger partial charge in [-0.05, 0) is 20.3 Å². The highest BCUT2D eigenvalue weighted by atomic mass is 32.1. The first-order chi connectivity index (χ1) is 8.54. The van der Waals surface area contributed by atoms with Crippen molar-refractivity contribution in [2.75, 3.05) is 19.7 Å². The predicted octanol–water partition coefficient (Wildman–Crippen LogP) is 1.70. The first kappa shape index (κ1) is 13.0. The van der Waals surface area contributed by atoms with Crippen molar-refractivity contribution in [3.05, 3.63) is 21.3 Å². The zero-order chi connectivity index (χ0) is 13.3. The topological polar surface area (TPSA) is 80.4 Å². The number of nitrogens with zero attached hydrogens (tertiary/aromatic N) is 2. The number of hydrogen-bond donors (Lipinski definition) is 3. The van der Waals surface area contributed by atoms with Crippen LogP contribution in [0.2, 0.25) is 0 Å². The second-order valence-corrected chi connectivity index (χ2v) is 5.53. The van der Waals surface area contributed by atoms with Crippen molar-refractivity contribution in [3.8, 4) is 0 Å². The van der Waals surface area contributed by atoms with E-state index in [1.807, 2.05) is 13.8 Å².